The van der Waals surface area contributed by atoms with Crippen molar-refractivity contribution in [1.82, 2.24) is 0 Å². The third kappa shape index (κ3) is 3.44. The molecular weight excluding hydrogens is 278 g/mol. The molecule has 0 spiro atoms. The number of halogens is 1. The summed E-state index contributed by atoms with van der Waals surface area (Å²) in [5.74, 6) is -0.531. The van der Waals surface area contributed by atoms with Crippen LogP contribution in [0.1, 0.15) is 0 Å². The summed E-state index contributed by atoms with van der Waals surface area (Å²) in [6.45, 7) is 0. The van der Waals surface area contributed by atoms with E-state index in [9.17, 15) is 8.42 Å². The summed E-state index contributed by atoms with van der Waals surface area (Å²) < 4.78 is 22.5. The number of para-hydroxylation sites is 1. The Morgan fingerprint density at radius 1 is 1.50 bits per heavy atom. The van der Waals surface area contributed by atoms with Gasteiger partial charge in [-0.15, -0.1) is 0 Å². The van der Waals surface area contributed by atoms with Gasteiger partial charge in [0.05, 0.1) is 5.69 Å². The summed E-state index contributed by atoms with van der Waals surface area (Å²) in [6, 6.07) is 7.32. The van der Waals surface area contributed by atoms with Crippen molar-refractivity contribution in [2.75, 3.05) is 5.43 Å². The summed E-state index contributed by atoms with van der Waals surface area (Å²) in [4.78, 5) is -0.184. The first-order chi connectivity index (χ1) is 8.36. The molecule has 0 amide bonds. The van der Waals surface area contributed by atoms with Crippen molar-refractivity contribution in [3.05, 3.63) is 24.3 Å². The maximum atomic E-state index is 11.2. The van der Waals surface area contributed by atoms with Crippen molar-refractivity contribution >= 4 is 37.0 Å². The lowest BCUT2D eigenvalue weighted by Gasteiger charge is -2.05. The van der Waals surface area contributed by atoms with Crippen LogP contribution in [-0.2, 0) is 9.05 Å². The molecular formula is C9H8ClN5O2S. The Morgan fingerprint density at radius 3 is 2.61 bits per heavy atom. The maximum absolute atomic E-state index is 11.2. The summed E-state index contributed by atoms with van der Waals surface area (Å²) >= 11 is 0. The topological polar surface area (TPSA) is 132 Å². The number of hydrogen-bond donors (Lipinski definition) is 3. The van der Waals surface area contributed by atoms with Gasteiger partial charge in [-0.3, -0.25) is 10.8 Å². The van der Waals surface area contributed by atoms with E-state index in [1.165, 1.54) is 18.2 Å². The van der Waals surface area contributed by atoms with Crippen molar-refractivity contribution < 1.29 is 8.42 Å². The van der Waals surface area contributed by atoms with Gasteiger partial charge in [-0.1, -0.05) is 12.1 Å². The molecule has 0 aliphatic carbocycles. The fraction of sp³-hybridized carbons (Fsp3) is 0. The first-order valence-corrected chi connectivity index (χ1v) is 6.79. The zero-order chi connectivity index (χ0) is 13.8. The van der Waals surface area contributed by atoms with Gasteiger partial charge in [0.2, 0.25) is 5.71 Å². The Bertz CT molecular complexity index is 647. The van der Waals surface area contributed by atoms with Crippen LogP contribution in [0.25, 0.3) is 0 Å². The van der Waals surface area contributed by atoms with Gasteiger partial charge in [-0.2, -0.15) is 10.4 Å². The molecule has 0 fully saturated rings. The minimum atomic E-state index is -3.94. The molecule has 0 heterocycles. The highest BCUT2D eigenvalue weighted by atomic mass is 35.7. The molecule has 0 aliphatic heterocycles. The van der Waals surface area contributed by atoms with Crippen molar-refractivity contribution in [3.63, 3.8) is 0 Å². The van der Waals surface area contributed by atoms with Gasteiger partial charge in [-0.05, 0) is 12.1 Å². The smallest absolute Gasteiger partial charge is 0.263 e. The first kappa shape index (κ1) is 14.0. The zero-order valence-corrected chi connectivity index (χ0v) is 10.5. The van der Waals surface area contributed by atoms with E-state index in [1.807, 2.05) is 0 Å². The summed E-state index contributed by atoms with van der Waals surface area (Å²) in [6.07, 6.45) is 0. The Balaban J connectivity index is 3.15. The summed E-state index contributed by atoms with van der Waals surface area (Å²) in [5, 5.41) is 19.2. The van der Waals surface area contributed by atoms with Crippen LogP contribution in [0, 0.1) is 16.7 Å². The second-order valence-electron chi connectivity index (χ2n) is 3.03. The fourth-order valence-corrected chi connectivity index (χ4v) is 2.05. The number of nitrogens with zero attached hydrogens (tertiary/aromatic N) is 2. The lowest BCUT2D eigenvalue weighted by atomic mass is 10.3. The van der Waals surface area contributed by atoms with Crippen molar-refractivity contribution in [1.29, 1.82) is 10.7 Å². The van der Waals surface area contributed by atoms with Crippen LogP contribution in [0.4, 0.5) is 5.69 Å². The summed E-state index contributed by atoms with van der Waals surface area (Å²) in [7, 11) is 1.29. The molecule has 9 heteroatoms. The molecule has 18 heavy (non-hydrogen) atoms. The van der Waals surface area contributed by atoms with E-state index >= 15 is 0 Å². The largest absolute Gasteiger partial charge is 0.382 e. The van der Waals surface area contributed by atoms with Crippen LogP contribution in [0.3, 0.4) is 0 Å². The van der Waals surface area contributed by atoms with Crippen molar-refractivity contribution in [3.8, 4) is 6.07 Å². The molecule has 0 radical (unpaired) electrons. The average Bonchev–Trinajstić information content (AvgIpc) is 2.28. The number of benzene rings is 1. The summed E-state index contributed by atoms with van der Waals surface area (Å²) in [5.41, 5.74) is 7.13. The van der Waals surface area contributed by atoms with Crippen LogP contribution in [-0.4, -0.2) is 20.0 Å². The van der Waals surface area contributed by atoms with Gasteiger partial charge in [0.15, 0.2) is 5.84 Å². The van der Waals surface area contributed by atoms with E-state index in [2.05, 4.69) is 10.5 Å². The third-order valence-electron chi connectivity index (χ3n) is 1.80. The fourth-order valence-electron chi connectivity index (χ4n) is 1.03. The third-order valence-corrected chi connectivity index (χ3v) is 3.18. The van der Waals surface area contributed by atoms with Crippen LogP contribution in [0.5, 0.6) is 0 Å². The Morgan fingerprint density at radius 2 is 2.11 bits per heavy atom. The Labute approximate surface area is 108 Å². The van der Waals surface area contributed by atoms with Gasteiger partial charge in [0.25, 0.3) is 9.05 Å². The molecule has 0 aromatic heterocycles. The Kier molecular flexibility index (Phi) is 4.25. The number of amidine groups is 1. The van der Waals surface area contributed by atoms with Crippen LogP contribution in [0.2, 0.25) is 0 Å². The van der Waals surface area contributed by atoms with E-state index < -0.39 is 14.9 Å². The van der Waals surface area contributed by atoms with Crippen LogP contribution in [0.15, 0.2) is 34.3 Å². The van der Waals surface area contributed by atoms with E-state index in [0.29, 0.717) is 0 Å². The number of anilines is 1. The van der Waals surface area contributed by atoms with E-state index in [-0.39, 0.29) is 16.3 Å². The maximum Gasteiger partial charge on any atom is 0.263 e. The normalized spacial score (nSPS) is 11.7. The molecule has 0 saturated carbocycles. The number of hydrogen-bond acceptors (Lipinski definition) is 6. The standard InChI is InChI=1S/C9H8ClN5O2S/c10-18(16,17)8-4-2-1-3-6(8)14-15-7(5-11)9(12)13/h1-4,14H,(H3,12,13)/b15-7+. The number of nitrogens with one attached hydrogen (secondary N) is 2. The average molecular weight is 286 g/mol. The van der Waals surface area contributed by atoms with Gasteiger partial charge < -0.3 is 5.73 Å². The molecule has 1 aromatic rings. The van der Waals surface area contributed by atoms with E-state index in [0.717, 1.165) is 0 Å². The molecule has 0 atom stereocenters. The quantitative estimate of drug-likeness (QED) is 0.326. The van der Waals surface area contributed by atoms with Gasteiger partial charge in [-0.25, -0.2) is 8.42 Å². The van der Waals surface area contributed by atoms with Crippen LogP contribution < -0.4 is 11.2 Å². The SMILES string of the molecule is N#C/C(=N\Nc1ccccc1S(=O)(=O)Cl)C(=N)N. The lowest BCUT2D eigenvalue weighted by Crippen LogP contribution is -2.22. The highest BCUT2D eigenvalue weighted by Crippen LogP contribution is 2.24. The molecule has 1 rings (SSSR count). The van der Waals surface area contributed by atoms with Crippen molar-refractivity contribution in [2.45, 2.75) is 4.90 Å². The second-order valence-corrected chi connectivity index (χ2v) is 5.57. The molecule has 4 N–H and O–H groups in total. The molecule has 0 unspecified atom stereocenters. The first-order valence-electron chi connectivity index (χ1n) is 4.48. The minimum absolute atomic E-state index is 0.0847. The number of hydrazone groups is 1. The van der Waals surface area contributed by atoms with Crippen LogP contribution >= 0.6 is 10.7 Å². The number of nitriles is 1. The van der Waals surface area contributed by atoms with E-state index in [4.69, 9.17) is 27.1 Å². The number of rotatable bonds is 4. The lowest BCUT2D eigenvalue weighted by molar-refractivity contribution is 0.610. The second kappa shape index (κ2) is 5.48. The predicted octanol–water partition coefficient (Wildman–Crippen LogP) is 0.842. The molecule has 1 aromatic carbocycles. The number of nitrogens with two attached hydrogens (primary N) is 1. The minimum Gasteiger partial charge on any atom is -0.382 e. The molecule has 94 valence electrons. The van der Waals surface area contributed by atoms with Gasteiger partial charge in [0, 0.05) is 10.7 Å². The highest BCUT2D eigenvalue weighted by Gasteiger charge is 2.14. The predicted molar refractivity (Wildman–Crippen MR) is 68.1 cm³/mol. The monoisotopic (exact) mass is 285 g/mol. The molecule has 7 nitrogen and oxygen atoms in total. The van der Waals surface area contributed by atoms with E-state index in [1.54, 1.807) is 12.1 Å². The molecule has 0 saturated heterocycles. The zero-order valence-electron chi connectivity index (χ0n) is 8.88. The molecule has 0 bridgehead atoms. The van der Waals surface area contributed by atoms with Crippen molar-refractivity contribution in [2.24, 2.45) is 10.8 Å². The Hall–Kier alpha value is -2.11. The highest BCUT2D eigenvalue weighted by molar-refractivity contribution is 8.13. The van der Waals surface area contributed by atoms with Gasteiger partial charge >= 0.3 is 0 Å². The molecule has 0 aliphatic rings. The van der Waals surface area contributed by atoms with Gasteiger partial charge in [0.1, 0.15) is 11.0 Å².